The summed E-state index contributed by atoms with van der Waals surface area (Å²) in [6.45, 7) is 7.04. The Morgan fingerprint density at radius 2 is 2.18 bits per heavy atom. The molecule has 2 heterocycles. The summed E-state index contributed by atoms with van der Waals surface area (Å²) >= 11 is 1.28. The van der Waals surface area contributed by atoms with Crippen molar-refractivity contribution in [2.45, 2.75) is 19.9 Å². The van der Waals surface area contributed by atoms with E-state index in [9.17, 15) is 4.79 Å². The predicted octanol–water partition coefficient (Wildman–Crippen LogP) is 1.54. The molecule has 0 amide bonds. The predicted molar refractivity (Wildman–Crippen MR) is 64.6 cm³/mol. The van der Waals surface area contributed by atoms with Crippen molar-refractivity contribution in [2.75, 3.05) is 26.3 Å². The first-order valence-electron chi connectivity index (χ1n) is 5.62. The lowest BCUT2D eigenvalue weighted by atomic mass is 10.2. The second-order valence-electron chi connectivity index (χ2n) is 4.10. The number of aromatic nitrogens is 1. The maximum atomic E-state index is 11.0. The molecule has 0 spiro atoms. The Kier molecular flexibility index (Phi) is 3.76. The SMILES string of the molecule is Cc1nc(C(C)N2CCOCC2)sc1C(=O)O. The van der Waals surface area contributed by atoms with E-state index in [1.807, 2.05) is 0 Å². The van der Waals surface area contributed by atoms with E-state index in [4.69, 9.17) is 9.84 Å². The van der Waals surface area contributed by atoms with Crippen molar-refractivity contribution in [3.8, 4) is 0 Å². The van der Waals surface area contributed by atoms with Gasteiger partial charge in [-0.1, -0.05) is 0 Å². The number of ether oxygens (including phenoxy) is 1. The lowest BCUT2D eigenvalue weighted by Gasteiger charge is -2.30. The van der Waals surface area contributed by atoms with E-state index in [0.717, 1.165) is 31.3 Å². The van der Waals surface area contributed by atoms with Crippen LogP contribution in [0.25, 0.3) is 0 Å². The van der Waals surface area contributed by atoms with Crippen molar-refractivity contribution < 1.29 is 14.6 Å². The number of nitrogens with zero attached hydrogens (tertiary/aromatic N) is 2. The third kappa shape index (κ3) is 2.65. The Balaban J connectivity index is 2.15. The number of rotatable bonds is 3. The summed E-state index contributed by atoms with van der Waals surface area (Å²) in [6.07, 6.45) is 0. The molecule has 1 unspecified atom stereocenters. The van der Waals surface area contributed by atoms with E-state index in [1.54, 1.807) is 6.92 Å². The summed E-state index contributed by atoms with van der Waals surface area (Å²) in [5.74, 6) is -0.888. The molecule has 1 fully saturated rings. The van der Waals surface area contributed by atoms with Gasteiger partial charge in [0.15, 0.2) is 0 Å². The van der Waals surface area contributed by atoms with Crippen LogP contribution in [0.2, 0.25) is 0 Å². The number of carboxylic acids is 1. The molecule has 2 rings (SSSR count). The largest absolute Gasteiger partial charge is 0.477 e. The molecule has 6 heteroatoms. The van der Waals surface area contributed by atoms with Crippen LogP contribution in [-0.2, 0) is 4.74 Å². The molecular weight excluding hydrogens is 240 g/mol. The summed E-state index contributed by atoms with van der Waals surface area (Å²) in [4.78, 5) is 18.0. The molecular formula is C11H16N2O3S. The molecule has 1 aromatic heterocycles. The number of hydrogen-bond acceptors (Lipinski definition) is 5. The van der Waals surface area contributed by atoms with Crippen molar-refractivity contribution in [2.24, 2.45) is 0 Å². The minimum absolute atomic E-state index is 0.163. The molecule has 1 aliphatic rings. The van der Waals surface area contributed by atoms with Crippen molar-refractivity contribution in [1.29, 1.82) is 0 Å². The number of morpholine rings is 1. The van der Waals surface area contributed by atoms with Gasteiger partial charge in [0, 0.05) is 13.1 Å². The molecule has 0 aromatic carbocycles. The first-order chi connectivity index (χ1) is 8.09. The van der Waals surface area contributed by atoms with Gasteiger partial charge in [0.1, 0.15) is 9.88 Å². The van der Waals surface area contributed by atoms with Crippen molar-refractivity contribution in [1.82, 2.24) is 9.88 Å². The molecule has 17 heavy (non-hydrogen) atoms. The van der Waals surface area contributed by atoms with Gasteiger partial charge in [-0.3, -0.25) is 4.90 Å². The zero-order valence-corrected chi connectivity index (χ0v) is 10.8. The van der Waals surface area contributed by atoms with Crippen LogP contribution in [0.4, 0.5) is 0 Å². The second kappa shape index (κ2) is 5.12. The normalized spacial score (nSPS) is 19.2. The van der Waals surface area contributed by atoms with Crippen LogP contribution in [0.5, 0.6) is 0 Å². The van der Waals surface area contributed by atoms with E-state index < -0.39 is 5.97 Å². The first-order valence-corrected chi connectivity index (χ1v) is 6.43. The maximum Gasteiger partial charge on any atom is 0.347 e. The van der Waals surface area contributed by atoms with Gasteiger partial charge in [-0.25, -0.2) is 9.78 Å². The summed E-state index contributed by atoms with van der Waals surface area (Å²) < 4.78 is 5.30. The van der Waals surface area contributed by atoms with Gasteiger partial charge >= 0.3 is 5.97 Å². The molecule has 1 saturated heterocycles. The van der Waals surface area contributed by atoms with Crippen LogP contribution in [0.1, 0.15) is 33.3 Å². The van der Waals surface area contributed by atoms with E-state index in [1.165, 1.54) is 11.3 Å². The van der Waals surface area contributed by atoms with Gasteiger partial charge in [0.2, 0.25) is 0 Å². The van der Waals surface area contributed by atoms with E-state index in [0.29, 0.717) is 10.6 Å². The quantitative estimate of drug-likeness (QED) is 0.889. The fourth-order valence-electron chi connectivity index (χ4n) is 1.92. The minimum atomic E-state index is -0.888. The lowest BCUT2D eigenvalue weighted by molar-refractivity contribution is 0.0198. The number of thiazole rings is 1. The molecule has 0 bridgehead atoms. The van der Waals surface area contributed by atoms with Crippen LogP contribution in [0.3, 0.4) is 0 Å². The van der Waals surface area contributed by atoms with Crippen LogP contribution >= 0.6 is 11.3 Å². The van der Waals surface area contributed by atoms with Gasteiger partial charge in [0.25, 0.3) is 0 Å². The summed E-state index contributed by atoms with van der Waals surface area (Å²) in [5.41, 5.74) is 0.609. The lowest BCUT2D eigenvalue weighted by Crippen LogP contribution is -2.37. The number of carbonyl (C=O) groups is 1. The van der Waals surface area contributed by atoms with Crippen LogP contribution in [0.15, 0.2) is 0 Å². The number of aromatic carboxylic acids is 1. The molecule has 0 aliphatic carbocycles. The molecule has 0 radical (unpaired) electrons. The number of carboxylic acid groups (broad SMARTS) is 1. The van der Waals surface area contributed by atoms with Crippen molar-refractivity contribution in [3.05, 3.63) is 15.6 Å². The highest BCUT2D eigenvalue weighted by Crippen LogP contribution is 2.27. The Labute approximate surface area is 104 Å². The first kappa shape index (κ1) is 12.5. The highest BCUT2D eigenvalue weighted by molar-refractivity contribution is 7.13. The molecule has 0 saturated carbocycles. The summed E-state index contributed by atoms with van der Waals surface area (Å²) in [6, 6.07) is 0.163. The molecule has 1 N–H and O–H groups in total. The molecule has 5 nitrogen and oxygen atoms in total. The van der Waals surface area contributed by atoms with Gasteiger partial charge in [-0.15, -0.1) is 11.3 Å². The molecule has 1 aromatic rings. The minimum Gasteiger partial charge on any atom is -0.477 e. The fourth-order valence-corrected chi connectivity index (χ4v) is 2.91. The highest BCUT2D eigenvalue weighted by Gasteiger charge is 2.23. The number of hydrogen-bond donors (Lipinski definition) is 1. The van der Waals surface area contributed by atoms with Crippen LogP contribution < -0.4 is 0 Å². The smallest absolute Gasteiger partial charge is 0.347 e. The molecule has 1 atom stereocenters. The maximum absolute atomic E-state index is 11.0. The molecule has 1 aliphatic heterocycles. The van der Waals surface area contributed by atoms with Crippen LogP contribution in [-0.4, -0.2) is 47.3 Å². The Bertz CT molecular complexity index is 413. The zero-order valence-electron chi connectivity index (χ0n) is 9.97. The second-order valence-corrected chi connectivity index (χ2v) is 5.13. The Hall–Kier alpha value is -0.980. The van der Waals surface area contributed by atoms with Gasteiger partial charge in [-0.2, -0.15) is 0 Å². The van der Waals surface area contributed by atoms with E-state index >= 15 is 0 Å². The third-order valence-corrected chi connectivity index (χ3v) is 4.27. The number of aryl methyl sites for hydroxylation is 1. The van der Waals surface area contributed by atoms with Crippen molar-refractivity contribution >= 4 is 17.3 Å². The molecule has 94 valence electrons. The highest BCUT2D eigenvalue weighted by atomic mass is 32.1. The topological polar surface area (TPSA) is 62.7 Å². The average molecular weight is 256 g/mol. The Morgan fingerprint density at radius 1 is 1.53 bits per heavy atom. The average Bonchev–Trinajstić information content (AvgIpc) is 2.71. The monoisotopic (exact) mass is 256 g/mol. The van der Waals surface area contributed by atoms with Crippen LogP contribution in [0, 0.1) is 6.92 Å². The van der Waals surface area contributed by atoms with E-state index in [-0.39, 0.29) is 6.04 Å². The van der Waals surface area contributed by atoms with Gasteiger partial charge in [-0.05, 0) is 13.8 Å². The summed E-state index contributed by atoms with van der Waals surface area (Å²) in [7, 11) is 0. The van der Waals surface area contributed by atoms with Gasteiger partial charge < -0.3 is 9.84 Å². The third-order valence-electron chi connectivity index (χ3n) is 2.96. The van der Waals surface area contributed by atoms with Crippen molar-refractivity contribution in [3.63, 3.8) is 0 Å². The fraction of sp³-hybridized carbons (Fsp3) is 0.636. The summed E-state index contributed by atoms with van der Waals surface area (Å²) in [5, 5.41) is 9.88. The van der Waals surface area contributed by atoms with Gasteiger partial charge in [0.05, 0.1) is 24.9 Å². The zero-order chi connectivity index (χ0) is 12.4. The standard InChI is InChI=1S/C11H16N2O3S/c1-7-9(11(14)15)17-10(12-7)8(2)13-3-5-16-6-4-13/h8H,3-6H2,1-2H3,(H,14,15). The Morgan fingerprint density at radius 3 is 2.71 bits per heavy atom. The van der Waals surface area contributed by atoms with E-state index in [2.05, 4.69) is 16.8 Å².